The van der Waals surface area contributed by atoms with Crippen molar-refractivity contribution in [2.45, 2.75) is 20.0 Å². The average molecular weight is 271 g/mol. The van der Waals surface area contributed by atoms with E-state index in [-0.39, 0.29) is 6.10 Å². The van der Waals surface area contributed by atoms with Crippen LogP contribution in [0.4, 0.5) is 5.95 Å². The molecule has 1 saturated heterocycles. The first-order chi connectivity index (χ1) is 9.72. The van der Waals surface area contributed by atoms with Crippen molar-refractivity contribution in [3.63, 3.8) is 0 Å². The lowest BCUT2D eigenvalue weighted by atomic mass is 10.2. The number of hydrogen-bond acceptors (Lipinski definition) is 6. The molecule has 0 saturated carbocycles. The second kappa shape index (κ2) is 5.50. The SMILES string of the molecule is Cc1cc(C)nc([C@@H]2CN(c3ncccn3)CCO2)n1. The van der Waals surface area contributed by atoms with Crippen LogP contribution in [0.25, 0.3) is 0 Å². The van der Waals surface area contributed by atoms with E-state index in [0.29, 0.717) is 13.2 Å². The van der Waals surface area contributed by atoms with Gasteiger partial charge in [0.15, 0.2) is 5.82 Å². The number of rotatable bonds is 2. The molecule has 3 rings (SSSR count). The molecule has 0 amide bonds. The summed E-state index contributed by atoms with van der Waals surface area (Å²) in [6.45, 7) is 6.02. The van der Waals surface area contributed by atoms with E-state index in [1.807, 2.05) is 26.0 Å². The van der Waals surface area contributed by atoms with Gasteiger partial charge in [0.25, 0.3) is 0 Å². The van der Waals surface area contributed by atoms with Crippen molar-refractivity contribution in [2.75, 3.05) is 24.6 Å². The topological polar surface area (TPSA) is 64.0 Å². The highest BCUT2D eigenvalue weighted by Gasteiger charge is 2.25. The van der Waals surface area contributed by atoms with Gasteiger partial charge in [-0.15, -0.1) is 0 Å². The molecule has 1 aliphatic heterocycles. The minimum absolute atomic E-state index is 0.133. The summed E-state index contributed by atoms with van der Waals surface area (Å²) in [5, 5.41) is 0. The van der Waals surface area contributed by atoms with Gasteiger partial charge in [0.1, 0.15) is 6.10 Å². The van der Waals surface area contributed by atoms with Crippen LogP contribution < -0.4 is 4.90 Å². The predicted octanol–water partition coefficient (Wildman–Crippen LogP) is 1.46. The Kier molecular flexibility index (Phi) is 3.56. The number of aryl methyl sites for hydroxylation is 2. The molecule has 0 unspecified atom stereocenters. The lowest BCUT2D eigenvalue weighted by molar-refractivity contribution is 0.0332. The number of morpholine rings is 1. The van der Waals surface area contributed by atoms with Crippen molar-refractivity contribution in [1.82, 2.24) is 19.9 Å². The molecule has 2 aromatic heterocycles. The zero-order chi connectivity index (χ0) is 13.9. The van der Waals surface area contributed by atoms with Gasteiger partial charge in [-0.3, -0.25) is 0 Å². The summed E-state index contributed by atoms with van der Waals surface area (Å²) in [6.07, 6.45) is 3.37. The molecule has 0 radical (unpaired) electrons. The van der Waals surface area contributed by atoms with Crippen LogP contribution in [-0.2, 0) is 4.74 Å². The second-order valence-corrected chi connectivity index (χ2v) is 4.86. The van der Waals surface area contributed by atoms with E-state index in [4.69, 9.17) is 4.74 Å². The van der Waals surface area contributed by atoms with Gasteiger partial charge in [0, 0.05) is 30.3 Å². The zero-order valence-corrected chi connectivity index (χ0v) is 11.7. The normalized spacial score (nSPS) is 19.1. The second-order valence-electron chi connectivity index (χ2n) is 4.86. The maximum absolute atomic E-state index is 5.80. The molecule has 0 aliphatic carbocycles. The molecule has 1 atom stereocenters. The number of anilines is 1. The summed E-state index contributed by atoms with van der Waals surface area (Å²) in [4.78, 5) is 19.6. The van der Waals surface area contributed by atoms with E-state index in [2.05, 4.69) is 24.8 Å². The van der Waals surface area contributed by atoms with Crippen LogP contribution in [0.1, 0.15) is 23.3 Å². The monoisotopic (exact) mass is 271 g/mol. The Morgan fingerprint density at radius 3 is 2.55 bits per heavy atom. The number of aromatic nitrogens is 4. The fourth-order valence-corrected chi connectivity index (χ4v) is 2.34. The molecule has 0 bridgehead atoms. The third kappa shape index (κ3) is 2.75. The van der Waals surface area contributed by atoms with Gasteiger partial charge in [-0.05, 0) is 26.0 Å². The molecule has 0 spiro atoms. The third-order valence-corrected chi connectivity index (χ3v) is 3.19. The zero-order valence-electron chi connectivity index (χ0n) is 11.7. The maximum atomic E-state index is 5.80. The van der Waals surface area contributed by atoms with E-state index in [9.17, 15) is 0 Å². The Morgan fingerprint density at radius 2 is 1.85 bits per heavy atom. The average Bonchev–Trinajstić information content (AvgIpc) is 2.47. The smallest absolute Gasteiger partial charge is 0.225 e. The van der Waals surface area contributed by atoms with Crippen molar-refractivity contribution in [2.24, 2.45) is 0 Å². The van der Waals surface area contributed by atoms with Gasteiger partial charge in [0.2, 0.25) is 5.95 Å². The van der Waals surface area contributed by atoms with Gasteiger partial charge in [-0.1, -0.05) is 0 Å². The Morgan fingerprint density at radius 1 is 1.15 bits per heavy atom. The molecule has 3 heterocycles. The lowest BCUT2D eigenvalue weighted by Gasteiger charge is -2.32. The molecular weight excluding hydrogens is 254 g/mol. The van der Waals surface area contributed by atoms with Gasteiger partial charge in [-0.25, -0.2) is 19.9 Å². The quantitative estimate of drug-likeness (QED) is 0.824. The number of hydrogen-bond donors (Lipinski definition) is 0. The third-order valence-electron chi connectivity index (χ3n) is 3.19. The summed E-state index contributed by atoms with van der Waals surface area (Å²) in [5.41, 5.74) is 1.92. The lowest BCUT2D eigenvalue weighted by Crippen LogP contribution is -2.40. The van der Waals surface area contributed by atoms with E-state index in [0.717, 1.165) is 29.7 Å². The molecule has 20 heavy (non-hydrogen) atoms. The maximum Gasteiger partial charge on any atom is 0.225 e. The van der Waals surface area contributed by atoms with Crippen molar-refractivity contribution in [3.05, 3.63) is 41.7 Å². The van der Waals surface area contributed by atoms with E-state index in [1.165, 1.54) is 0 Å². The van der Waals surface area contributed by atoms with E-state index in [1.54, 1.807) is 12.4 Å². The largest absolute Gasteiger partial charge is 0.367 e. The van der Waals surface area contributed by atoms with Crippen LogP contribution in [0, 0.1) is 13.8 Å². The molecule has 104 valence electrons. The Hall–Kier alpha value is -2.08. The Bertz CT molecular complexity index is 569. The van der Waals surface area contributed by atoms with Crippen LogP contribution >= 0.6 is 0 Å². The minimum atomic E-state index is -0.133. The highest BCUT2D eigenvalue weighted by Crippen LogP contribution is 2.22. The summed E-state index contributed by atoms with van der Waals surface area (Å²) in [6, 6.07) is 3.78. The molecular formula is C14H17N5O. The summed E-state index contributed by atoms with van der Waals surface area (Å²) < 4.78 is 5.80. The summed E-state index contributed by atoms with van der Waals surface area (Å²) >= 11 is 0. The molecule has 2 aromatic rings. The molecule has 1 fully saturated rings. The van der Waals surface area contributed by atoms with Gasteiger partial charge in [-0.2, -0.15) is 0 Å². The molecule has 6 nitrogen and oxygen atoms in total. The number of nitrogens with zero attached hydrogens (tertiary/aromatic N) is 5. The van der Waals surface area contributed by atoms with Crippen LogP contribution in [0.5, 0.6) is 0 Å². The Labute approximate surface area is 117 Å². The summed E-state index contributed by atoms with van der Waals surface area (Å²) in [7, 11) is 0. The van der Waals surface area contributed by atoms with Crippen LogP contribution in [0.15, 0.2) is 24.5 Å². The first-order valence-corrected chi connectivity index (χ1v) is 6.68. The van der Waals surface area contributed by atoms with Crippen LogP contribution in [-0.4, -0.2) is 39.6 Å². The molecule has 0 N–H and O–H groups in total. The fourth-order valence-electron chi connectivity index (χ4n) is 2.34. The van der Waals surface area contributed by atoms with Crippen LogP contribution in [0.2, 0.25) is 0 Å². The van der Waals surface area contributed by atoms with Crippen LogP contribution in [0.3, 0.4) is 0 Å². The van der Waals surface area contributed by atoms with Gasteiger partial charge >= 0.3 is 0 Å². The molecule has 1 aliphatic rings. The van der Waals surface area contributed by atoms with Crippen molar-refractivity contribution in [1.29, 1.82) is 0 Å². The van der Waals surface area contributed by atoms with Crippen molar-refractivity contribution in [3.8, 4) is 0 Å². The standard InChI is InChI=1S/C14H17N5O/c1-10-8-11(2)18-13(17-10)12-9-19(6-7-20-12)14-15-4-3-5-16-14/h3-5,8,12H,6-7,9H2,1-2H3/t12-/m0/s1. The van der Waals surface area contributed by atoms with Crippen molar-refractivity contribution < 1.29 is 4.74 Å². The summed E-state index contributed by atoms with van der Waals surface area (Å²) in [5.74, 6) is 1.47. The fraction of sp³-hybridized carbons (Fsp3) is 0.429. The van der Waals surface area contributed by atoms with Gasteiger partial charge < -0.3 is 9.64 Å². The highest BCUT2D eigenvalue weighted by atomic mass is 16.5. The Balaban J connectivity index is 1.81. The number of ether oxygens (including phenoxy) is 1. The first kappa shape index (κ1) is 12.9. The van der Waals surface area contributed by atoms with Crippen molar-refractivity contribution >= 4 is 5.95 Å². The molecule has 6 heteroatoms. The molecule has 0 aromatic carbocycles. The van der Waals surface area contributed by atoms with E-state index >= 15 is 0 Å². The minimum Gasteiger partial charge on any atom is -0.367 e. The first-order valence-electron chi connectivity index (χ1n) is 6.68. The predicted molar refractivity (Wildman–Crippen MR) is 74.4 cm³/mol. The van der Waals surface area contributed by atoms with E-state index < -0.39 is 0 Å². The van der Waals surface area contributed by atoms with Gasteiger partial charge in [0.05, 0.1) is 13.2 Å². The highest BCUT2D eigenvalue weighted by molar-refractivity contribution is 5.30.